The molecule has 1 fully saturated rings. The van der Waals surface area contributed by atoms with Gasteiger partial charge in [-0.05, 0) is 36.4 Å². The molecule has 1 aliphatic heterocycles. The van der Waals surface area contributed by atoms with E-state index in [1.165, 1.54) is 0 Å². The number of fused-ring (bicyclic) bond motifs is 1. The Bertz CT molecular complexity index is 1290. The van der Waals surface area contributed by atoms with Gasteiger partial charge >= 0.3 is 11.9 Å². The summed E-state index contributed by atoms with van der Waals surface area (Å²) in [5.41, 5.74) is 2.29. The van der Waals surface area contributed by atoms with Crippen LogP contribution in [0.15, 0.2) is 60.7 Å². The average Bonchev–Trinajstić information content (AvgIpc) is 3.36. The molecule has 11 nitrogen and oxygen atoms in total. The van der Waals surface area contributed by atoms with Crippen molar-refractivity contribution in [1.82, 2.24) is 15.2 Å². The summed E-state index contributed by atoms with van der Waals surface area (Å²) in [5, 5.41) is 28.0. The highest BCUT2D eigenvalue weighted by Gasteiger charge is 2.19. The van der Waals surface area contributed by atoms with Gasteiger partial charge in [0.15, 0.2) is 0 Å². The minimum Gasteiger partial charge on any atom is -0.508 e. The summed E-state index contributed by atoms with van der Waals surface area (Å²) in [5.74, 6) is -2.93. The Hall–Kier alpha value is -4.58. The lowest BCUT2D eigenvalue weighted by Gasteiger charge is -2.36. The summed E-state index contributed by atoms with van der Waals surface area (Å²) in [6.07, 6.45) is 4.02. The van der Waals surface area contributed by atoms with Crippen LogP contribution in [0.5, 0.6) is 11.5 Å². The van der Waals surface area contributed by atoms with E-state index < -0.39 is 18.6 Å². The van der Waals surface area contributed by atoms with Gasteiger partial charge < -0.3 is 35.3 Å². The van der Waals surface area contributed by atoms with E-state index in [0.717, 1.165) is 55.1 Å². The Morgan fingerprint density at radius 1 is 1.00 bits per heavy atom. The first-order chi connectivity index (χ1) is 18.8. The van der Waals surface area contributed by atoms with E-state index in [9.17, 15) is 14.3 Å². The number of hydrogen-bond acceptors (Lipinski definition) is 7. The maximum atomic E-state index is 12.5. The van der Waals surface area contributed by atoms with Crippen molar-refractivity contribution in [3.8, 4) is 11.5 Å². The van der Waals surface area contributed by atoms with Crippen molar-refractivity contribution in [3.05, 3.63) is 66.4 Å². The molecule has 39 heavy (non-hydrogen) atoms. The lowest BCUT2D eigenvalue weighted by Crippen LogP contribution is -2.46. The predicted octanol–water partition coefficient (Wildman–Crippen LogP) is 2.49. The zero-order chi connectivity index (χ0) is 28.2. The van der Waals surface area contributed by atoms with E-state index in [0.29, 0.717) is 12.2 Å². The van der Waals surface area contributed by atoms with Crippen molar-refractivity contribution < 1.29 is 38.8 Å². The molecule has 0 bridgehead atoms. The van der Waals surface area contributed by atoms with Crippen LogP contribution in [-0.2, 0) is 9.59 Å². The molecule has 1 amide bonds. The zero-order valence-corrected chi connectivity index (χ0v) is 21.2. The summed E-state index contributed by atoms with van der Waals surface area (Å²) in [4.78, 5) is 38.2. The van der Waals surface area contributed by atoms with Gasteiger partial charge in [-0.15, -0.1) is 0 Å². The molecule has 0 spiro atoms. The number of rotatable bonds is 9. The molecular formula is C27H31FN4O7. The number of nitrogens with one attached hydrogen (secondary N) is 2. The number of aliphatic carboxylic acids is 2. The van der Waals surface area contributed by atoms with Crippen molar-refractivity contribution >= 4 is 34.4 Å². The fourth-order valence-corrected chi connectivity index (χ4v) is 3.96. The molecule has 0 unspecified atom stereocenters. The standard InChI is InChI=1S/C25H29FN4O3.C2H2O4/c26-9-16-33-24-6-2-1-5-23(24)30-14-12-29(13-15-30)11-4-3-10-27-25(32)22-18-19-17-20(31)7-8-21(19)28-22;3-1(4)2(5)6/h1-8,17-18,28,31H,9-16H2,(H,27,32);(H,3,4)(H,5,6)/b4-3+;. The van der Waals surface area contributed by atoms with Crippen molar-refractivity contribution in [3.63, 3.8) is 0 Å². The molecule has 2 heterocycles. The van der Waals surface area contributed by atoms with Crippen LogP contribution in [0.2, 0.25) is 0 Å². The molecular weight excluding hydrogens is 511 g/mol. The molecule has 12 heteroatoms. The van der Waals surface area contributed by atoms with E-state index in [-0.39, 0.29) is 18.3 Å². The Kier molecular flexibility index (Phi) is 10.7. The molecule has 0 radical (unpaired) electrons. The molecule has 1 aromatic heterocycles. The maximum Gasteiger partial charge on any atom is 0.414 e. The maximum absolute atomic E-state index is 12.5. The van der Waals surface area contributed by atoms with E-state index in [1.807, 2.05) is 30.3 Å². The van der Waals surface area contributed by atoms with Crippen LogP contribution >= 0.6 is 0 Å². The number of aromatic amines is 1. The molecule has 208 valence electrons. The van der Waals surface area contributed by atoms with E-state index in [4.69, 9.17) is 24.5 Å². The van der Waals surface area contributed by atoms with Gasteiger partial charge in [0, 0.05) is 50.2 Å². The predicted molar refractivity (Wildman–Crippen MR) is 143 cm³/mol. The van der Waals surface area contributed by atoms with Crippen LogP contribution in [0.3, 0.4) is 0 Å². The Balaban J connectivity index is 0.000000631. The number of benzene rings is 2. The molecule has 1 aliphatic rings. The van der Waals surface area contributed by atoms with E-state index in [2.05, 4.69) is 26.2 Å². The molecule has 3 aromatic rings. The number of alkyl halides is 1. The first-order valence-corrected chi connectivity index (χ1v) is 12.2. The van der Waals surface area contributed by atoms with Crippen LogP contribution in [-0.4, -0.2) is 95.6 Å². The first kappa shape index (κ1) is 29.0. The topological polar surface area (TPSA) is 155 Å². The fourth-order valence-electron chi connectivity index (χ4n) is 3.96. The van der Waals surface area contributed by atoms with Gasteiger partial charge in [0.05, 0.1) is 5.69 Å². The summed E-state index contributed by atoms with van der Waals surface area (Å²) < 4.78 is 18.0. The van der Waals surface area contributed by atoms with Gasteiger partial charge in [-0.2, -0.15) is 0 Å². The number of aromatic hydroxyl groups is 1. The second kappa shape index (κ2) is 14.4. The number of anilines is 1. The first-order valence-electron chi connectivity index (χ1n) is 12.2. The van der Waals surface area contributed by atoms with Crippen molar-refractivity contribution in [2.45, 2.75) is 0 Å². The lowest BCUT2D eigenvalue weighted by atomic mass is 10.2. The van der Waals surface area contributed by atoms with Crippen molar-refractivity contribution in [2.24, 2.45) is 0 Å². The minimum atomic E-state index is -1.82. The van der Waals surface area contributed by atoms with Crippen molar-refractivity contribution in [2.75, 3.05) is 57.4 Å². The summed E-state index contributed by atoms with van der Waals surface area (Å²) in [6.45, 7) is 4.40. The Morgan fingerprint density at radius 2 is 1.72 bits per heavy atom. The third kappa shape index (κ3) is 8.75. The summed E-state index contributed by atoms with van der Waals surface area (Å²) in [7, 11) is 0. The molecule has 4 rings (SSSR count). The van der Waals surface area contributed by atoms with Crippen LogP contribution in [0.4, 0.5) is 10.1 Å². The number of para-hydroxylation sites is 2. The zero-order valence-electron chi connectivity index (χ0n) is 21.2. The SMILES string of the molecule is O=C(NC/C=C/CN1CCN(c2ccccc2OCCF)CC1)c1cc2cc(O)ccc2[nH]1.O=C(O)C(=O)O. The molecule has 2 aromatic carbocycles. The van der Waals surface area contributed by atoms with E-state index in [1.54, 1.807) is 24.3 Å². The number of phenolic OH excluding ortho intramolecular Hbond substituents is 1. The van der Waals surface area contributed by atoms with Crippen LogP contribution in [0.25, 0.3) is 10.9 Å². The summed E-state index contributed by atoms with van der Waals surface area (Å²) in [6, 6.07) is 14.5. The number of carbonyl (C=O) groups excluding carboxylic acids is 1. The highest BCUT2D eigenvalue weighted by molar-refractivity contribution is 6.27. The number of amides is 1. The highest BCUT2D eigenvalue weighted by Crippen LogP contribution is 2.28. The minimum absolute atomic E-state index is 0.0716. The number of hydrogen-bond donors (Lipinski definition) is 5. The number of phenols is 1. The largest absolute Gasteiger partial charge is 0.508 e. The molecule has 0 aliphatic carbocycles. The number of carboxylic acid groups (broad SMARTS) is 2. The number of H-pyrrole nitrogens is 1. The van der Waals surface area contributed by atoms with Gasteiger partial charge in [0.2, 0.25) is 0 Å². The second-order valence-corrected chi connectivity index (χ2v) is 8.54. The van der Waals surface area contributed by atoms with Gasteiger partial charge in [-0.25, -0.2) is 14.0 Å². The van der Waals surface area contributed by atoms with Gasteiger partial charge in [0.1, 0.15) is 30.5 Å². The third-order valence-electron chi connectivity index (χ3n) is 5.86. The molecule has 5 N–H and O–H groups in total. The van der Waals surface area contributed by atoms with Gasteiger partial charge in [0.25, 0.3) is 5.91 Å². The quantitative estimate of drug-likeness (QED) is 0.203. The molecule has 0 atom stereocenters. The fraction of sp³-hybridized carbons (Fsp3) is 0.296. The normalized spacial score (nSPS) is 13.6. The third-order valence-corrected chi connectivity index (χ3v) is 5.86. The average molecular weight is 543 g/mol. The second-order valence-electron chi connectivity index (χ2n) is 8.54. The lowest BCUT2D eigenvalue weighted by molar-refractivity contribution is -0.159. The number of carbonyl (C=O) groups is 3. The Morgan fingerprint density at radius 3 is 2.41 bits per heavy atom. The van der Waals surface area contributed by atoms with E-state index >= 15 is 0 Å². The van der Waals surface area contributed by atoms with Crippen LogP contribution in [0.1, 0.15) is 10.5 Å². The smallest absolute Gasteiger partial charge is 0.414 e. The monoisotopic (exact) mass is 542 g/mol. The number of aromatic nitrogens is 1. The molecule has 1 saturated heterocycles. The molecule has 0 saturated carbocycles. The Labute approximate surface area is 224 Å². The highest BCUT2D eigenvalue weighted by atomic mass is 19.1. The number of halogens is 1. The van der Waals surface area contributed by atoms with Crippen molar-refractivity contribution in [1.29, 1.82) is 0 Å². The number of nitrogens with zero attached hydrogens (tertiary/aromatic N) is 2. The summed E-state index contributed by atoms with van der Waals surface area (Å²) >= 11 is 0. The number of carboxylic acids is 2. The number of piperazine rings is 1. The van der Waals surface area contributed by atoms with Crippen LogP contribution in [0, 0.1) is 0 Å². The van der Waals surface area contributed by atoms with Crippen LogP contribution < -0.4 is 15.0 Å². The van der Waals surface area contributed by atoms with Gasteiger partial charge in [-0.3, -0.25) is 9.69 Å². The number of ether oxygens (including phenoxy) is 1. The van der Waals surface area contributed by atoms with Gasteiger partial charge in [-0.1, -0.05) is 24.3 Å².